The number of nitrogens with one attached hydrogen (secondary N) is 1. The molecule has 0 unspecified atom stereocenters. The van der Waals surface area contributed by atoms with Crippen molar-refractivity contribution in [2.45, 2.75) is 18.6 Å². The lowest BCUT2D eigenvalue weighted by Crippen LogP contribution is -2.52. The summed E-state index contributed by atoms with van der Waals surface area (Å²) < 4.78 is 19.3. The topological polar surface area (TPSA) is 61.9 Å². The third kappa shape index (κ3) is 3.07. The van der Waals surface area contributed by atoms with Gasteiger partial charge in [-0.25, -0.2) is 4.39 Å². The Morgan fingerprint density at radius 2 is 2.22 bits per heavy atom. The van der Waals surface area contributed by atoms with Gasteiger partial charge in [0.1, 0.15) is 18.0 Å². The molecular weight excluding hydrogens is 301 g/mol. The average Bonchev–Trinajstić information content (AvgIpc) is 2.96. The molecule has 6 nitrogen and oxygen atoms in total. The molecule has 2 fully saturated rings. The van der Waals surface area contributed by atoms with Crippen molar-refractivity contribution in [3.8, 4) is 0 Å². The van der Waals surface area contributed by atoms with E-state index in [1.807, 2.05) is 0 Å². The predicted octanol–water partition coefficient (Wildman–Crippen LogP) is 0.378. The molecule has 2 atom stereocenters. The van der Waals surface area contributed by atoms with E-state index < -0.39 is 18.0 Å². The van der Waals surface area contributed by atoms with Gasteiger partial charge in [-0.1, -0.05) is 12.1 Å². The number of rotatable bonds is 3. The smallest absolute Gasteiger partial charge is 0.253 e. The van der Waals surface area contributed by atoms with Crippen LogP contribution in [0.4, 0.5) is 10.1 Å². The minimum absolute atomic E-state index is 0.217. The van der Waals surface area contributed by atoms with E-state index >= 15 is 0 Å². The van der Waals surface area contributed by atoms with Gasteiger partial charge in [-0.2, -0.15) is 0 Å². The van der Waals surface area contributed by atoms with Crippen molar-refractivity contribution >= 4 is 17.5 Å². The molecule has 2 aliphatic heterocycles. The third-order valence-electron chi connectivity index (χ3n) is 4.34. The number of amides is 2. The first-order valence-corrected chi connectivity index (χ1v) is 7.74. The molecule has 0 aromatic heterocycles. The number of hydrogen-bond donors (Lipinski definition) is 1. The number of halogens is 1. The highest BCUT2D eigenvalue weighted by molar-refractivity contribution is 6.01. The molecule has 1 aromatic carbocycles. The van der Waals surface area contributed by atoms with Crippen molar-refractivity contribution in [1.29, 1.82) is 0 Å². The number of carbonyl (C=O) groups is 2. The summed E-state index contributed by atoms with van der Waals surface area (Å²) in [5.41, 5.74) is 0.261. The molecule has 23 heavy (non-hydrogen) atoms. The van der Waals surface area contributed by atoms with E-state index in [-0.39, 0.29) is 17.5 Å². The van der Waals surface area contributed by atoms with Gasteiger partial charge in [0.25, 0.3) is 5.91 Å². The summed E-state index contributed by atoms with van der Waals surface area (Å²) in [5.74, 6) is -0.907. The molecule has 1 N–H and O–H groups in total. The van der Waals surface area contributed by atoms with Gasteiger partial charge in [-0.05, 0) is 18.6 Å². The number of para-hydroxylation sites is 1. The SMILES string of the molecule is CN(C(=O)[C@H]1CNCCO1)[C@H]1CCN(c2ccccc2F)C1=O. The van der Waals surface area contributed by atoms with Crippen LogP contribution < -0.4 is 10.2 Å². The second kappa shape index (κ2) is 6.64. The molecule has 3 rings (SSSR count). The second-order valence-electron chi connectivity index (χ2n) is 5.76. The first-order chi connectivity index (χ1) is 11.1. The molecule has 2 aliphatic rings. The Hall–Kier alpha value is -1.99. The van der Waals surface area contributed by atoms with Crippen molar-refractivity contribution in [2.24, 2.45) is 0 Å². The quantitative estimate of drug-likeness (QED) is 0.874. The summed E-state index contributed by atoms with van der Waals surface area (Å²) in [4.78, 5) is 27.9. The van der Waals surface area contributed by atoms with Crippen LogP contribution in [0, 0.1) is 5.82 Å². The Morgan fingerprint density at radius 1 is 1.43 bits per heavy atom. The van der Waals surface area contributed by atoms with Crippen LogP contribution in [0.1, 0.15) is 6.42 Å². The van der Waals surface area contributed by atoms with Crippen LogP contribution in [-0.4, -0.2) is 62.1 Å². The summed E-state index contributed by atoms with van der Waals surface area (Å²) in [5, 5.41) is 3.10. The second-order valence-corrected chi connectivity index (χ2v) is 5.76. The minimum Gasteiger partial charge on any atom is -0.366 e. The number of morpholine rings is 1. The Morgan fingerprint density at radius 3 is 2.91 bits per heavy atom. The summed E-state index contributed by atoms with van der Waals surface area (Å²) in [6.07, 6.45) is -0.0840. The summed E-state index contributed by atoms with van der Waals surface area (Å²) in [7, 11) is 1.60. The van der Waals surface area contributed by atoms with Gasteiger partial charge in [0, 0.05) is 26.7 Å². The molecule has 0 radical (unpaired) electrons. The lowest BCUT2D eigenvalue weighted by molar-refractivity contribution is -0.148. The van der Waals surface area contributed by atoms with Crippen molar-refractivity contribution in [1.82, 2.24) is 10.2 Å². The van der Waals surface area contributed by atoms with Crippen LogP contribution in [0.2, 0.25) is 0 Å². The first kappa shape index (κ1) is 15.9. The van der Waals surface area contributed by atoms with Crippen LogP contribution in [-0.2, 0) is 14.3 Å². The number of hydrogen-bond acceptors (Lipinski definition) is 4. The van der Waals surface area contributed by atoms with Crippen LogP contribution in [0.3, 0.4) is 0 Å². The van der Waals surface area contributed by atoms with E-state index in [2.05, 4.69) is 5.32 Å². The zero-order valence-corrected chi connectivity index (χ0v) is 13.0. The van der Waals surface area contributed by atoms with Crippen molar-refractivity contribution < 1.29 is 18.7 Å². The fourth-order valence-corrected chi connectivity index (χ4v) is 3.04. The zero-order valence-electron chi connectivity index (χ0n) is 13.0. The summed E-state index contributed by atoms with van der Waals surface area (Å²) in [6, 6.07) is 5.60. The van der Waals surface area contributed by atoms with Crippen molar-refractivity contribution in [3.63, 3.8) is 0 Å². The molecular formula is C16H20FN3O3. The molecule has 2 amide bonds. The van der Waals surface area contributed by atoms with Crippen LogP contribution in [0.25, 0.3) is 0 Å². The molecule has 7 heteroatoms. The highest BCUT2D eigenvalue weighted by atomic mass is 19.1. The van der Waals surface area contributed by atoms with Crippen LogP contribution in [0.15, 0.2) is 24.3 Å². The highest BCUT2D eigenvalue weighted by Gasteiger charge is 2.40. The van der Waals surface area contributed by atoms with Gasteiger partial charge in [-0.15, -0.1) is 0 Å². The molecule has 0 aliphatic carbocycles. The Labute approximate surface area is 134 Å². The number of nitrogens with zero attached hydrogens (tertiary/aromatic N) is 2. The number of anilines is 1. The number of ether oxygens (including phenoxy) is 1. The number of carbonyl (C=O) groups excluding carboxylic acids is 2. The van der Waals surface area contributed by atoms with Crippen LogP contribution in [0.5, 0.6) is 0 Å². The maximum atomic E-state index is 13.9. The maximum absolute atomic E-state index is 13.9. The molecule has 124 valence electrons. The Balaban J connectivity index is 1.71. The van der Waals surface area contributed by atoms with Crippen molar-refractivity contribution in [3.05, 3.63) is 30.1 Å². The van der Waals surface area contributed by atoms with E-state index in [4.69, 9.17) is 4.74 Å². The van der Waals surface area contributed by atoms with E-state index in [0.29, 0.717) is 26.1 Å². The van der Waals surface area contributed by atoms with Gasteiger partial charge in [0.15, 0.2) is 0 Å². The largest absolute Gasteiger partial charge is 0.366 e. The maximum Gasteiger partial charge on any atom is 0.253 e. The highest BCUT2D eigenvalue weighted by Crippen LogP contribution is 2.26. The van der Waals surface area contributed by atoms with Gasteiger partial charge < -0.3 is 19.9 Å². The van der Waals surface area contributed by atoms with E-state index in [0.717, 1.165) is 6.54 Å². The molecule has 2 saturated heterocycles. The molecule has 1 aromatic rings. The lowest BCUT2D eigenvalue weighted by atomic mass is 10.2. The van der Waals surface area contributed by atoms with Gasteiger partial charge >= 0.3 is 0 Å². The molecule has 0 spiro atoms. The monoisotopic (exact) mass is 321 g/mol. The normalized spacial score (nSPS) is 24.8. The third-order valence-corrected chi connectivity index (χ3v) is 4.34. The predicted molar refractivity (Wildman–Crippen MR) is 82.5 cm³/mol. The lowest BCUT2D eigenvalue weighted by Gasteiger charge is -2.30. The average molecular weight is 321 g/mol. The van der Waals surface area contributed by atoms with Crippen LogP contribution >= 0.6 is 0 Å². The molecule has 0 saturated carbocycles. The van der Waals surface area contributed by atoms with E-state index in [9.17, 15) is 14.0 Å². The van der Waals surface area contributed by atoms with Gasteiger partial charge in [-0.3, -0.25) is 9.59 Å². The Kier molecular flexibility index (Phi) is 4.58. The fourth-order valence-electron chi connectivity index (χ4n) is 3.04. The molecule has 0 bridgehead atoms. The van der Waals surface area contributed by atoms with Gasteiger partial charge in [0.2, 0.25) is 5.91 Å². The van der Waals surface area contributed by atoms with E-state index in [1.54, 1.807) is 25.2 Å². The zero-order chi connectivity index (χ0) is 16.4. The summed E-state index contributed by atoms with van der Waals surface area (Å²) in [6.45, 7) is 2.04. The van der Waals surface area contributed by atoms with Gasteiger partial charge in [0.05, 0.1) is 12.3 Å². The van der Waals surface area contributed by atoms with Crippen molar-refractivity contribution in [2.75, 3.05) is 38.2 Å². The number of benzene rings is 1. The number of likely N-dealkylation sites (N-methyl/N-ethyl adjacent to an activating group) is 1. The Bertz CT molecular complexity index is 604. The minimum atomic E-state index is -0.576. The fraction of sp³-hybridized carbons (Fsp3) is 0.500. The standard InChI is InChI=1S/C16H20FN3O3/c1-19(16(22)14-10-18-7-9-23-14)13-6-8-20(15(13)21)12-5-3-2-4-11(12)17/h2-5,13-14,18H,6-10H2,1H3/t13-,14+/m0/s1. The summed E-state index contributed by atoms with van der Waals surface area (Å²) >= 11 is 0. The molecule has 2 heterocycles. The first-order valence-electron chi connectivity index (χ1n) is 7.74. The van der Waals surface area contributed by atoms with E-state index in [1.165, 1.54) is 15.9 Å².